The number of carbonyl (C=O) groups excluding carboxylic acids is 1. The molecule has 0 aliphatic carbocycles. The van der Waals surface area contributed by atoms with Gasteiger partial charge in [0.15, 0.2) is 0 Å². The molecule has 0 bridgehead atoms. The third-order valence-electron chi connectivity index (χ3n) is 5.57. The summed E-state index contributed by atoms with van der Waals surface area (Å²) in [4.78, 5) is 15.2. The van der Waals surface area contributed by atoms with E-state index in [0.29, 0.717) is 5.92 Å². The Kier molecular flexibility index (Phi) is 7.95. The topological polar surface area (TPSA) is 41.6 Å². The highest BCUT2D eigenvalue weighted by Crippen LogP contribution is 2.29. The zero-order valence-corrected chi connectivity index (χ0v) is 17.2. The van der Waals surface area contributed by atoms with Crippen LogP contribution in [-0.4, -0.2) is 43.6 Å². The number of carbonyl (C=O) groups is 1. The van der Waals surface area contributed by atoms with Crippen LogP contribution in [0.25, 0.3) is 0 Å². The van der Waals surface area contributed by atoms with Crippen LogP contribution in [-0.2, 0) is 0 Å². The normalized spacial score (nSPS) is 18.2. The van der Waals surface area contributed by atoms with E-state index in [-0.39, 0.29) is 5.91 Å². The number of nitrogens with one attached hydrogen (secondary N) is 1. The van der Waals surface area contributed by atoms with Gasteiger partial charge in [-0.3, -0.25) is 4.79 Å². The van der Waals surface area contributed by atoms with Crippen LogP contribution in [0.5, 0.6) is 5.75 Å². The van der Waals surface area contributed by atoms with Crippen molar-refractivity contribution in [2.75, 3.05) is 26.7 Å². The smallest absolute Gasteiger partial charge is 0.251 e. The molecule has 146 valence electrons. The van der Waals surface area contributed by atoms with Crippen LogP contribution in [0.2, 0.25) is 0 Å². The van der Waals surface area contributed by atoms with Gasteiger partial charge in [-0.25, -0.2) is 0 Å². The molecule has 1 aromatic carbocycles. The van der Waals surface area contributed by atoms with E-state index >= 15 is 0 Å². The van der Waals surface area contributed by atoms with Gasteiger partial charge in [0.1, 0.15) is 5.75 Å². The maximum atomic E-state index is 12.6. The summed E-state index contributed by atoms with van der Waals surface area (Å²) in [6.07, 6.45) is 6.24. The minimum Gasteiger partial charge on any atom is -0.496 e. The molecule has 0 aromatic heterocycles. The first-order valence-electron chi connectivity index (χ1n) is 10.2. The molecule has 1 aromatic rings. The molecular weight excluding hydrogens is 324 g/mol. The molecule has 1 saturated heterocycles. The average Bonchev–Trinajstić information content (AvgIpc) is 2.64. The molecule has 1 fully saturated rings. The number of aryl methyl sites for hydroxylation is 1. The van der Waals surface area contributed by atoms with Crippen molar-refractivity contribution in [1.82, 2.24) is 10.2 Å². The summed E-state index contributed by atoms with van der Waals surface area (Å²) in [5, 5.41) is 3.11. The highest BCUT2D eigenvalue weighted by molar-refractivity contribution is 5.96. The first-order valence-corrected chi connectivity index (χ1v) is 10.2. The molecule has 4 nitrogen and oxygen atoms in total. The number of benzene rings is 1. The van der Waals surface area contributed by atoms with E-state index in [4.69, 9.17) is 4.74 Å². The Morgan fingerprint density at radius 2 is 2.12 bits per heavy atom. The Morgan fingerprint density at radius 3 is 2.77 bits per heavy atom. The summed E-state index contributed by atoms with van der Waals surface area (Å²) in [6, 6.07) is 4.70. The van der Waals surface area contributed by atoms with Gasteiger partial charge in [0, 0.05) is 24.7 Å². The van der Waals surface area contributed by atoms with Gasteiger partial charge in [-0.15, -0.1) is 0 Å². The van der Waals surface area contributed by atoms with Crippen LogP contribution in [0, 0.1) is 6.92 Å². The van der Waals surface area contributed by atoms with E-state index in [0.717, 1.165) is 48.0 Å². The minimum atomic E-state index is 0.0257. The predicted octanol–water partition coefficient (Wildman–Crippen LogP) is 4.51. The molecule has 1 atom stereocenters. The van der Waals surface area contributed by atoms with Crippen LogP contribution in [0.1, 0.15) is 80.3 Å². The van der Waals surface area contributed by atoms with Gasteiger partial charge in [0.25, 0.3) is 5.91 Å². The van der Waals surface area contributed by atoms with Crippen molar-refractivity contribution in [1.29, 1.82) is 0 Å². The van der Waals surface area contributed by atoms with Gasteiger partial charge in [0.2, 0.25) is 0 Å². The van der Waals surface area contributed by atoms with Gasteiger partial charge in [-0.1, -0.05) is 27.2 Å². The third kappa shape index (κ3) is 5.23. The Labute approximate surface area is 159 Å². The lowest BCUT2D eigenvalue weighted by Gasteiger charge is -2.35. The number of amides is 1. The van der Waals surface area contributed by atoms with Crippen molar-refractivity contribution < 1.29 is 9.53 Å². The predicted molar refractivity (Wildman–Crippen MR) is 108 cm³/mol. The van der Waals surface area contributed by atoms with Crippen molar-refractivity contribution in [2.45, 2.75) is 71.8 Å². The lowest BCUT2D eigenvalue weighted by atomic mass is 9.96. The third-order valence-corrected chi connectivity index (χ3v) is 5.57. The van der Waals surface area contributed by atoms with Crippen LogP contribution < -0.4 is 10.1 Å². The number of hydrogen-bond acceptors (Lipinski definition) is 3. The second kappa shape index (κ2) is 9.96. The molecule has 0 radical (unpaired) electrons. The highest BCUT2D eigenvalue weighted by Gasteiger charge is 2.20. The molecule has 2 rings (SSSR count). The SMILES string of the molecule is CCC1CCCCN1CCCNC(=O)c1cc(C(C)C)c(OC)cc1C. The Bertz CT molecular complexity index is 598. The second-order valence-corrected chi connectivity index (χ2v) is 7.77. The van der Waals surface area contributed by atoms with Gasteiger partial charge >= 0.3 is 0 Å². The summed E-state index contributed by atoms with van der Waals surface area (Å²) in [5.74, 6) is 1.21. The van der Waals surface area contributed by atoms with Gasteiger partial charge < -0.3 is 15.0 Å². The number of methoxy groups -OCH3 is 1. The first kappa shape index (κ1) is 20.8. The molecule has 1 amide bonds. The summed E-state index contributed by atoms with van der Waals surface area (Å²) >= 11 is 0. The van der Waals surface area contributed by atoms with Crippen molar-refractivity contribution in [3.05, 3.63) is 28.8 Å². The lowest BCUT2D eigenvalue weighted by Crippen LogP contribution is -2.40. The van der Waals surface area contributed by atoms with Crippen LogP contribution >= 0.6 is 0 Å². The van der Waals surface area contributed by atoms with Gasteiger partial charge in [-0.05, 0) is 68.3 Å². The molecule has 26 heavy (non-hydrogen) atoms. The fourth-order valence-electron chi connectivity index (χ4n) is 3.97. The number of piperidine rings is 1. The molecule has 0 saturated carbocycles. The van der Waals surface area contributed by atoms with Crippen molar-refractivity contribution in [3.63, 3.8) is 0 Å². The lowest BCUT2D eigenvalue weighted by molar-refractivity contribution is 0.0946. The average molecular weight is 361 g/mol. The van der Waals surface area contributed by atoms with Crippen LogP contribution in [0.4, 0.5) is 0 Å². The summed E-state index contributed by atoms with van der Waals surface area (Å²) in [6.45, 7) is 11.5. The summed E-state index contributed by atoms with van der Waals surface area (Å²) in [7, 11) is 1.69. The van der Waals surface area contributed by atoms with E-state index in [1.54, 1.807) is 7.11 Å². The number of ether oxygens (including phenoxy) is 1. The molecule has 1 heterocycles. The van der Waals surface area contributed by atoms with Gasteiger partial charge in [-0.2, -0.15) is 0 Å². The zero-order valence-electron chi connectivity index (χ0n) is 17.2. The van der Waals surface area contributed by atoms with Crippen LogP contribution in [0.3, 0.4) is 0 Å². The van der Waals surface area contributed by atoms with E-state index in [9.17, 15) is 4.79 Å². The monoisotopic (exact) mass is 360 g/mol. The maximum Gasteiger partial charge on any atom is 0.251 e. The molecule has 4 heteroatoms. The molecule has 1 N–H and O–H groups in total. The maximum absolute atomic E-state index is 12.6. The molecular formula is C22H36N2O2. The van der Waals surface area contributed by atoms with E-state index in [2.05, 4.69) is 31.0 Å². The zero-order chi connectivity index (χ0) is 19.1. The standard InChI is InChI=1S/C22H36N2O2/c1-6-18-10-7-8-12-24(18)13-9-11-23-22(25)20-15-19(16(2)3)21(26-5)14-17(20)4/h14-16,18H,6-13H2,1-5H3,(H,23,25). The Hall–Kier alpha value is -1.55. The largest absolute Gasteiger partial charge is 0.496 e. The van der Waals surface area contributed by atoms with Crippen LogP contribution in [0.15, 0.2) is 12.1 Å². The van der Waals surface area contributed by atoms with Gasteiger partial charge in [0.05, 0.1) is 7.11 Å². The summed E-state index contributed by atoms with van der Waals surface area (Å²) < 4.78 is 5.47. The molecule has 1 aliphatic heterocycles. The van der Waals surface area contributed by atoms with Crippen molar-refractivity contribution >= 4 is 5.91 Å². The van der Waals surface area contributed by atoms with E-state index < -0.39 is 0 Å². The molecule has 0 spiro atoms. The first-order chi connectivity index (χ1) is 12.5. The fourth-order valence-corrected chi connectivity index (χ4v) is 3.97. The number of likely N-dealkylation sites (tertiary alicyclic amines) is 1. The van der Waals surface area contributed by atoms with E-state index in [1.165, 1.54) is 32.2 Å². The summed E-state index contributed by atoms with van der Waals surface area (Å²) in [5.41, 5.74) is 2.81. The van der Waals surface area contributed by atoms with Crippen molar-refractivity contribution in [2.24, 2.45) is 0 Å². The second-order valence-electron chi connectivity index (χ2n) is 7.77. The highest BCUT2D eigenvalue weighted by atomic mass is 16.5. The minimum absolute atomic E-state index is 0.0257. The number of rotatable bonds is 8. The number of nitrogens with zero attached hydrogens (tertiary/aromatic N) is 1. The Balaban J connectivity index is 1.90. The van der Waals surface area contributed by atoms with E-state index in [1.807, 2.05) is 19.1 Å². The molecule has 1 unspecified atom stereocenters. The fraction of sp³-hybridized carbons (Fsp3) is 0.682. The Morgan fingerprint density at radius 1 is 1.35 bits per heavy atom. The van der Waals surface area contributed by atoms with Crippen molar-refractivity contribution in [3.8, 4) is 5.75 Å². The molecule has 1 aliphatic rings. The number of hydrogen-bond donors (Lipinski definition) is 1. The quantitative estimate of drug-likeness (QED) is 0.694.